The van der Waals surface area contributed by atoms with Crippen molar-refractivity contribution in [1.29, 1.82) is 0 Å². The molecule has 1 amide bonds. The second-order valence-corrected chi connectivity index (χ2v) is 3.35. The summed E-state index contributed by atoms with van der Waals surface area (Å²) in [4.78, 5) is 17.3. The fourth-order valence-electron chi connectivity index (χ4n) is 1.47. The summed E-state index contributed by atoms with van der Waals surface area (Å²) >= 11 is 5.94. The topological polar surface area (TPSA) is 33.2 Å². The summed E-state index contributed by atoms with van der Waals surface area (Å²) in [7, 11) is 0. The van der Waals surface area contributed by atoms with E-state index >= 15 is 0 Å². The van der Waals surface area contributed by atoms with Crippen molar-refractivity contribution < 1.29 is 4.79 Å². The molecule has 0 unspecified atom stereocenters. The first-order valence-electron chi connectivity index (χ1n) is 4.16. The van der Waals surface area contributed by atoms with Crippen LogP contribution in [0.2, 0.25) is 5.02 Å². The van der Waals surface area contributed by atoms with Crippen molar-refractivity contribution in [3.8, 4) is 0 Å². The quantitative estimate of drug-likeness (QED) is 0.685. The van der Waals surface area contributed by atoms with E-state index in [1.54, 1.807) is 17.2 Å². The maximum atomic E-state index is 11.6. The first-order chi connectivity index (χ1) is 6.24. The third-order valence-electron chi connectivity index (χ3n) is 2.22. The van der Waals surface area contributed by atoms with Gasteiger partial charge in [0.05, 0.1) is 0 Å². The lowest BCUT2D eigenvalue weighted by atomic mass is 10.2. The van der Waals surface area contributed by atoms with Crippen LogP contribution in [0.4, 0.5) is 0 Å². The predicted molar refractivity (Wildman–Crippen MR) is 49.7 cm³/mol. The molecule has 0 atom stereocenters. The lowest BCUT2D eigenvalue weighted by Crippen LogP contribution is -2.23. The van der Waals surface area contributed by atoms with Gasteiger partial charge in [0, 0.05) is 29.9 Å². The molecule has 0 saturated heterocycles. The number of rotatable bonds is 1. The Balaban J connectivity index is 2.49. The van der Waals surface area contributed by atoms with E-state index in [0.29, 0.717) is 23.8 Å². The molecule has 0 N–H and O–H groups in total. The van der Waals surface area contributed by atoms with E-state index in [-0.39, 0.29) is 5.91 Å². The van der Waals surface area contributed by atoms with Gasteiger partial charge in [-0.3, -0.25) is 9.78 Å². The largest absolute Gasteiger partial charge is 0.333 e. The summed E-state index contributed by atoms with van der Waals surface area (Å²) in [5.41, 5.74) is 1.37. The van der Waals surface area contributed by atoms with Crippen LogP contribution >= 0.6 is 11.6 Å². The zero-order valence-electron chi connectivity index (χ0n) is 7.25. The molecule has 4 heteroatoms. The Bertz CT molecular complexity index is 365. The lowest BCUT2D eigenvalue weighted by Gasteiger charge is -2.10. The molecule has 1 aromatic heterocycles. The number of nitrogens with zero attached hydrogens (tertiary/aromatic N) is 2. The molecule has 1 aromatic rings. The van der Waals surface area contributed by atoms with Crippen molar-refractivity contribution in [3.63, 3.8) is 0 Å². The first-order valence-corrected chi connectivity index (χ1v) is 4.54. The van der Waals surface area contributed by atoms with Gasteiger partial charge in [0.25, 0.3) is 5.91 Å². The van der Waals surface area contributed by atoms with Gasteiger partial charge >= 0.3 is 0 Å². The molecule has 1 aliphatic heterocycles. The third-order valence-corrected chi connectivity index (χ3v) is 2.57. The van der Waals surface area contributed by atoms with Crippen molar-refractivity contribution in [2.75, 3.05) is 6.54 Å². The summed E-state index contributed by atoms with van der Waals surface area (Å²) in [5.74, 6) is -0.0139. The minimum absolute atomic E-state index is 0.0139. The minimum atomic E-state index is -0.0139. The van der Waals surface area contributed by atoms with Crippen LogP contribution in [0.3, 0.4) is 0 Å². The summed E-state index contributed by atoms with van der Waals surface area (Å²) in [6, 6.07) is 1.72. The minimum Gasteiger partial charge on any atom is -0.333 e. The molecule has 3 nitrogen and oxygen atoms in total. The standard InChI is InChI=1S/C9H9ClN2O/c1-2-12-5-6-7(10)3-4-11-8(6)9(12)13/h3-4H,2,5H2,1H3. The molecule has 13 heavy (non-hydrogen) atoms. The second kappa shape index (κ2) is 3.00. The van der Waals surface area contributed by atoms with Gasteiger partial charge in [0.15, 0.2) is 0 Å². The Kier molecular flexibility index (Phi) is 1.96. The number of aromatic nitrogens is 1. The molecular formula is C9H9ClN2O. The number of amides is 1. The van der Waals surface area contributed by atoms with Crippen molar-refractivity contribution in [1.82, 2.24) is 9.88 Å². The third kappa shape index (κ3) is 1.20. The van der Waals surface area contributed by atoms with Crippen LogP contribution in [0, 0.1) is 0 Å². The number of halogens is 1. The van der Waals surface area contributed by atoms with Crippen LogP contribution in [0.1, 0.15) is 23.0 Å². The van der Waals surface area contributed by atoms with Gasteiger partial charge in [0.1, 0.15) is 5.69 Å². The highest BCUT2D eigenvalue weighted by molar-refractivity contribution is 6.32. The molecule has 0 fully saturated rings. The zero-order chi connectivity index (χ0) is 9.42. The van der Waals surface area contributed by atoms with Crippen molar-refractivity contribution in [3.05, 3.63) is 28.5 Å². The maximum Gasteiger partial charge on any atom is 0.273 e. The molecule has 1 aliphatic rings. The molecule has 0 bridgehead atoms. The van der Waals surface area contributed by atoms with Gasteiger partial charge in [0.2, 0.25) is 0 Å². The Hall–Kier alpha value is -1.09. The second-order valence-electron chi connectivity index (χ2n) is 2.94. The average molecular weight is 197 g/mol. The molecule has 0 spiro atoms. The highest BCUT2D eigenvalue weighted by Crippen LogP contribution is 2.26. The highest BCUT2D eigenvalue weighted by Gasteiger charge is 2.28. The molecule has 2 rings (SSSR count). The Morgan fingerprint density at radius 2 is 2.46 bits per heavy atom. The van der Waals surface area contributed by atoms with E-state index in [0.717, 1.165) is 5.56 Å². The molecule has 68 valence electrons. The van der Waals surface area contributed by atoms with Crippen LogP contribution in [0.5, 0.6) is 0 Å². The number of hydrogen-bond acceptors (Lipinski definition) is 2. The molecule has 0 aromatic carbocycles. The number of fused-ring (bicyclic) bond motifs is 1. The van der Waals surface area contributed by atoms with Gasteiger partial charge in [-0.1, -0.05) is 11.6 Å². The molecule has 2 heterocycles. The predicted octanol–water partition coefficient (Wildman–Crippen LogP) is 1.71. The summed E-state index contributed by atoms with van der Waals surface area (Å²) in [6.07, 6.45) is 1.57. The SMILES string of the molecule is CCN1Cc2c(Cl)ccnc2C1=O. The van der Waals surface area contributed by atoms with Crippen LogP contribution in [-0.2, 0) is 6.54 Å². The fourth-order valence-corrected chi connectivity index (χ4v) is 1.68. The lowest BCUT2D eigenvalue weighted by molar-refractivity contribution is 0.0783. The summed E-state index contributed by atoms with van der Waals surface area (Å²) < 4.78 is 0. The molecule has 0 saturated carbocycles. The van der Waals surface area contributed by atoms with Crippen LogP contribution < -0.4 is 0 Å². The van der Waals surface area contributed by atoms with E-state index in [4.69, 9.17) is 11.6 Å². The number of carbonyl (C=O) groups excluding carboxylic acids is 1. The van der Waals surface area contributed by atoms with Gasteiger partial charge in [-0.15, -0.1) is 0 Å². The number of hydrogen-bond donors (Lipinski definition) is 0. The zero-order valence-corrected chi connectivity index (χ0v) is 8.01. The van der Waals surface area contributed by atoms with Gasteiger partial charge < -0.3 is 4.90 Å². The van der Waals surface area contributed by atoms with Crippen molar-refractivity contribution in [2.24, 2.45) is 0 Å². The maximum absolute atomic E-state index is 11.6. The monoisotopic (exact) mass is 196 g/mol. The van der Waals surface area contributed by atoms with Gasteiger partial charge in [-0.05, 0) is 13.0 Å². The van der Waals surface area contributed by atoms with E-state index in [2.05, 4.69) is 4.98 Å². The van der Waals surface area contributed by atoms with Crippen molar-refractivity contribution in [2.45, 2.75) is 13.5 Å². The molecule has 0 aliphatic carbocycles. The van der Waals surface area contributed by atoms with Crippen LogP contribution in [-0.4, -0.2) is 22.3 Å². The van der Waals surface area contributed by atoms with Crippen LogP contribution in [0.15, 0.2) is 12.3 Å². The smallest absolute Gasteiger partial charge is 0.273 e. The molecular weight excluding hydrogens is 188 g/mol. The van der Waals surface area contributed by atoms with E-state index in [1.807, 2.05) is 6.92 Å². The summed E-state index contributed by atoms with van der Waals surface area (Å²) in [5, 5.41) is 0.634. The number of carbonyl (C=O) groups is 1. The fraction of sp³-hybridized carbons (Fsp3) is 0.333. The van der Waals surface area contributed by atoms with Crippen molar-refractivity contribution >= 4 is 17.5 Å². The Morgan fingerprint density at radius 1 is 1.69 bits per heavy atom. The van der Waals surface area contributed by atoms with Gasteiger partial charge in [-0.25, -0.2) is 0 Å². The van der Waals surface area contributed by atoms with E-state index < -0.39 is 0 Å². The van der Waals surface area contributed by atoms with Gasteiger partial charge in [-0.2, -0.15) is 0 Å². The summed E-state index contributed by atoms with van der Waals surface area (Å²) in [6.45, 7) is 3.24. The first kappa shape index (κ1) is 8.51. The average Bonchev–Trinajstić information content (AvgIpc) is 2.45. The van der Waals surface area contributed by atoms with E-state index in [9.17, 15) is 4.79 Å². The number of pyridine rings is 1. The highest BCUT2D eigenvalue weighted by atomic mass is 35.5. The normalized spacial score (nSPS) is 14.9. The van der Waals surface area contributed by atoms with E-state index in [1.165, 1.54) is 0 Å². The van der Waals surface area contributed by atoms with Crippen LogP contribution in [0.25, 0.3) is 0 Å². The molecule has 0 radical (unpaired) electrons. The Morgan fingerprint density at radius 3 is 3.08 bits per heavy atom. The Labute approximate surface area is 81.3 Å².